The maximum absolute atomic E-state index is 15.0. The van der Waals surface area contributed by atoms with Crippen LogP contribution < -0.4 is 10.6 Å². The molecule has 340 valence electrons. The number of benzene rings is 2. The lowest BCUT2D eigenvalue weighted by atomic mass is 9.52. The fourth-order valence-corrected chi connectivity index (χ4v) is 11.3. The van der Waals surface area contributed by atoms with Crippen LogP contribution in [-0.4, -0.2) is 95.1 Å². The largest absolute Gasteiger partial charge is 0.356 e. The number of rotatable bonds is 26. The van der Waals surface area contributed by atoms with Gasteiger partial charge in [-0.2, -0.15) is 13.7 Å². The molecule has 2 aromatic rings. The molecule has 3 N–H and O–H groups in total. The molecule has 61 heavy (non-hydrogen) atoms. The molecule has 0 aliphatic rings. The van der Waals surface area contributed by atoms with Crippen LogP contribution >= 0.6 is 35.7 Å². The van der Waals surface area contributed by atoms with Crippen molar-refractivity contribution < 1.29 is 31.8 Å². The molecule has 0 saturated heterocycles. The average molecular weight is 918 g/mol. The molecular formula is C47H73N4O6S4+. The van der Waals surface area contributed by atoms with E-state index < -0.39 is 36.5 Å². The first kappa shape index (κ1) is 54.3. The first-order valence-electron chi connectivity index (χ1n) is 21.5. The number of nitrogens with zero attached hydrogens (tertiary/aromatic N) is 2. The summed E-state index contributed by atoms with van der Waals surface area (Å²) in [4.78, 5) is 42.6. The second-order valence-corrected chi connectivity index (χ2v) is 23.8. The van der Waals surface area contributed by atoms with Gasteiger partial charge in [0.25, 0.3) is 10.1 Å². The molecular weight excluding hydrogens is 845 g/mol. The smallest absolute Gasteiger partial charge is 0.265 e. The molecule has 0 radical (unpaired) electrons. The summed E-state index contributed by atoms with van der Waals surface area (Å²) in [6.07, 6.45) is 3.58. The monoisotopic (exact) mass is 917 g/mol. The molecule has 2 rings (SSSR count). The number of amides is 2. The highest BCUT2D eigenvalue weighted by molar-refractivity contribution is 8.24. The van der Waals surface area contributed by atoms with Crippen LogP contribution in [0.2, 0.25) is 0 Å². The second-order valence-electron chi connectivity index (χ2n) is 18.9. The van der Waals surface area contributed by atoms with Crippen molar-refractivity contribution in [3.63, 3.8) is 0 Å². The molecule has 0 aliphatic heterocycles. The minimum Gasteiger partial charge on any atom is -0.356 e. The van der Waals surface area contributed by atoms with E-state index in [1.165, 1.54) is 23.5 Å². The van der Waals surface area contributed by atoms with Gasteiger partial charge in [0.2, 0.25) is 16.9 Å². The van der Waals surface area contributed by atoms with Crippen LogP contribution in [0.25, 0.3) is 0 Å². The standard InChI is InChI=1S/C47H72N4O6S4/c1-12-38(43(3,4)35-48)33-46(8,41(53)50-28-21-31-59-39(52)36-23-16-14-17-24-36)45(7,13-2)34-47(9,44(5,6)60-40(58)37-25-18-15-19-26-37)42(54)49-27-20-29-51(10,11)30-22-32-61(55,56)57/h14-19,23-26,38H,12-13,20-22,27-34H2,1-11H3,(H2-,49,50,53,54,55,56,57)/p+1. The molecule has 10 nitrogen and oxygen atoms in total. The highest BCUT2D eigenvalue weighted by atomic mass is 32.2. The summed E-state index contributed by atoms with van der Waals surface area (Å²) >= 11 is 8.73. The highest BCUT2D eigenvalue weighted by Gasteiger charge is 2.58. The number of carbonyl (C=O) groups is 3. The summed E-state index contributed by atoms with van der Waals surface area (Å²) in [6.45, 7) is 20.2. The van der Waals surface area contributed by atoms with E-state index in [9.17, 15) is 32.6 Å². The average Bonchev–Trinajstić information content (AvgIpc) is 3.20. The number of thiocarbonyl (C=S) groups is 1. The Morgan fingerprint density at radius 1 is 0.820 bits per heavy atom. The van der Waals surface area contributed by atoms with Gasteiger partial charge < -0.3 is 15.1 Å². The van der Waals surface area contributed by atoms with Gasteiger partial charge in [0.05, 0.1) is 59.4 Å². The SMILES string of the molecule is CCC(CC(C)(C(=O)NCCCSC(=O)c1ccccc1)C(C)(CC)CC(C)(C(=O)NCCC[N+](C)(C)CCCS(=O)(=O)O)C(C)(C)SC(=S)c1ccccc1)C(C)(C)C#N. The Bertz CT molecular complexity index is 1920. The maximum atomic E-state index is 15.0. The van der Waals surface area contributed by atoms with Crippen LogP contribution in [0.3, 0.4) is 0 Å². The van der Waals surface area contributed by atoms with E-state index in [4.69, 9.17) is 12.2 Å². The van der Waals surface area contributed by atoms with Gasteiger partial charge in [-0.05, 0) is 77.2 Å². The van der Waals surface area contributed by atoms with Gasteiger partial charge in [-0.15, -0.1) is 11.8 Å². The highest BCUT2D eigenvalue weighted by Crippen LogP contribution is 2.58. The molecule has 14 heteroatoms. The van der Waals surface area contributed by atoms with Crippen LogP contribution in [0.1, 0.15) is 123 Å². The van der Waals surface area contributed by atoms with E-state index in [0.29, 0.717) is 91.1 Å². The van der Waals surface area contributed by atoms with E-state index >= 15 is 0 Å². The van der Waals surface area contributed by atoms with E-state index in [1.807, 2.05) is 90.3 Å². The van der Waals surface area contributed by atoms with Crippen molar-refractivity contribution >= 4 is 67.0 Å². The van der Waals surface area contributed by atoms with E-state index in [-0.39, 0.29) is 28.6 Å². The molecule has 0 fully saturated rings. The zero-order chi connectivity index (χ0) is 46.3. The quantitative estimate of drug-likeness (QED) is 0.0360. The third kappa shape index (κ3) is 15.7. The summed E-state index contributed by atoms with van der Waals surface area (Å²) in [5.74, 6) is -0.156. The summed E-state index contributed by atoms with van der Waals surface area (Å²) in [5, 5.41) is 16.8. The summed E-state index contributed by atoms with van der Waals surface area (Å²) in [7, 11) is -0.0411. The minimum absolute atomic E-state index is 0.0110. The molecule has 2 amide bonds. The van der Waals surface area contributed by atoms with Gasteiger partial charge in [0.15, 0.2) is 0 Å². The van der Waals surface area contributed by atoms with Crippen molar-refractivity contribution in [2.45, 2.75) is 112 Å². The lowest BCUT2D eigenvalue weighted by Gasteiger charge is -2.54. The Labute approximate surface area is 381 Å². The minimum atomic E-state index is -4.04. The number of carbonyl (C=O) groups excluding carboxylic acids is 3. The van der Waals surface area contributed by atoms with Crippen molar-refractivity contribution in [1.29, 1.82) is 5.26 Å². The molecule has 4 atom stereocenters. The Balaban J connectivity index is 2.52. The van der Waals surface area contributed by atoms with Crippen LogP contribution in [-0.2, 0) is 19.7 Å². The van der Waals surface area contributed by atoms with Crippen molar-refractivity contribution in [3.05, 3.63) is 71.8 Å². The molecule has 0 bridgehead atoms. The van der Waals surface area contributed by atoms with Crippen molar-refractivity contribution in [3.8, 4) is 6.07 Å². The molecule has 4 unspecified atom stereocenters. The number of quaternary nitrogens is 1. The topological polar surface area (TPSA) is 153 Å². The van der Waals surface area contributed by atoms with Crippen molar-refractivity contribution in [1.82, 2.24) is 10.6 Å². The van der Waals surface area contributed by atoms with E-state index in [0.717, 1.165) is 5.56 Å². The fourth-order valence-electron chi connectivity index (χ4n) is 8.12. The summed E-state index contributed by atoms with van der Waals surface area (Å²) in [6, 6.07) is 21.4. The predicted molar refractivity (Wildman–Crippen MR) is 258 cm³/mol. The first-order valence-corrected chi connectivity index (χ1v) is 25.3. The van der Waals surface area contributed by atoms with Gasteiger partial charge in [-0.3, -0.25) is 18.9 Å². The van der Waals surface area contributed by atoms with Crippen LogP contribution in [0.15, 0.2) is 60.7 Å². The van der Waals surface area contributed by atoms with Crippen LogP contribution in [0.5, 0.6) is 0 Å². The Morgan fingerprint density at radius 3 is 1.84 bits per heavy atom. The lowest BCUT2D eigenvalue weighted by Crippen LogP contribution is -2.58. The molecule has 0 aromatic heterocycles. The molecule has 0 aliphatic carbocycles. The number of thioether (sulfide) groups is 2. The molecule has 0 heterocycles. The van der Waals surface area contributed by atoms with Crippen LogP contribution in [0.4, 0.5) is 0 Å². The van der Waals surface area contributed by atoms with Crippen molar-refractivity contribution in [2.24, 2.45) is 27.6 Å². The van der Waals surface area contributed by atoms with E-state index in [2.05, 4.69) is 51.3 Å². The Hall–Kier alpha value is -2.80. The number of nitrogens with one attached hydrogen (secondary N) is 2. The first-order chi connectivity index (χ1) is 28.2. The second kappa shape index (κ2) is 23.2. The van der Waals surface area contributed by atoms with Gasteiger partial charge in [-0.1, -0.05) is 119 Å². The summed E-state index contributed by atoms with van der Waals surface area (Å²) < 4.78 is 32.2. The zero-order valence-electron chi connectivity index (χ0n) is 38.6. The predicted octanol–water partition coefficient (Wildman–Crippen LogP) is 9.60. The van der Waals surface area contributed by atoms with Gasteiger partial charge in [0, 0.05) is 42.0 Å². The number of hydrogen-bond donors (Lipinski definition) is 3. The van der Waals surface area contributed by atoms with Crippen LogP contribution in [0, 0.1) is 38.9 Å². The normalized spacial score (nSPS) is 15.9. The third-order valence-electron chi connectivity index (χ3n) is 13.2. The molecule has 0 spiro atoms. The fraction of sp³-hybridized carbons (Fsp3) is 0.638. The van der Waals surface area contributed by atoms with Gasteiger partial charge in [-0.25, -0.2) is 0 Å². The maximum Gasteiger partial charge on any atom is 0.265 e. The Kier molecular flexibility index (Phi) is 20.7. The Morgan fingerprint density at radius 2 is 1.33 bits per heavy atom. The van der Waals surface area contributed by atoms with Gasteiger partial charge >= 0.3 is 0 Å². The molecule has 2 aromatic carbocycles. The summed E-state index contributed by atoms with van der Waals surface area (Å²) in [5.41, 5.74) is -2.02. The van der Waals surface area contributed by atoms with E-state index in [1.54, 1.807) is 12.1 Å². The molecule has 0 saturated carbocycles. The number of hydrogen-bond acceptors (Lipinski definition) is 9. The third-order valence-corrected chi connectivity index (χ3v) is 16.9. The van der Waals surface area contributed by atoms with Gasteiger partial charge in [0.1, 0.15) is 0 Å². The van der Waals surface area contributed by atoms with Crippen molar-refractivity contribution in [2.75, 3.05) is 51.8 Å². The lowest BCUT2D eigenvalue weighted by molar-refractivity contribution is -0.890. The zero-order valence-corrected chi connectivity index (χ0v) is 41.8. The number of nitriles is 1.